The predicted octanol–water partition coefficient (Wildman–Crippen LogP) is 4.37. The maximum atomic E-state index is 13.2. The fraction of sp³-hybridized carbons (Fsp3) is 0.0870. The number of hydrogen-bond donors (Lipinski definition) is 1. The molecule has 0 aliphatic carbocycles. The van der Waals surface area contributed by atoms with Crippen LogP contribution in [0.5, 0.6) is 11.5 Å². The summed E-state index contributed by atoms with van der Waals surface area (Å²) in [5.74, 6) is 1.00. The number of ether oxygens (including phenoxy) is 2. The minimum atomic E-state index is -0.403. The van der Waals surface area contributed by atoms with Gasteiger partial charge < -0.3 is 19.0 Å². The van der Waals surface area contributed by atoms with Crippen molar-refractivity contribution in [1.82, 2.24) is 0 Å². The minimum absolute atomic E-state index is 0.166. The van der Waals surface area contributed by atoms with Gasteiger partial charge in [-0.1, -0.05) is 48.5 Å². The molecule has 3 aromatic carbocycles. The number of hydrogen-bond acceptors (Lipinski definition) is 5. The second-order valence-electron chi connectivity index (χ2n) is 6.18. The van der Waals surface area contributed by atoms with E-state index in [9.17, 15) is 4.79 Å². The zero-order valence-electron chi connectivity index (χ0n) is 15.0. The molecule has 1 aromatic heterocycles. The summed E-state index contributed by atoms with van der Waals surface area (Å²) >= 11 is 0. The van der Waals surface area contributed by atoms with E-state index in [4.69, 9.17) is 19.0 Å². The molecular formula is C23H18O5. The molecule has 0 radical (unpaired) electrons. The van der Waals surface area contributed by atoms with Crippen molar-refractivity contribution in [1.29, 1.82) is 0 Å². The van der Waals surface area contributed by atoms with E-state index < -0.39 is 6.79 Å². The van der Waals surface area contributed by atoms with Crippen LogP contribution in [0.15, 0.2) is 88.3 Å². The summed E-state index contributed by atoms with van der Waals surface area (Å²) in [4.78, 5) is 13.2. The number of rotatable bonds is 6. The van der Waals surface area contributed by atoms with E-state index in [1.54, 1.807) is 42.5 Å². The molecule has 0 saturated heterocycles. The molecule has 0 unspecified atom stereocenters. The molecule has 0 aliphatic rings. The van der Waals surface area contributed by atoms with Crippen molar-refractivity contribution in [3.63, 3.8) is 0 Å². The van der Waals surface area contributed by atoms with Crippen LogP contribution in [-0.2, 0) is 6.61 Å². The van der Waals surface area contributed by atoms with Crippen molar-refractivity contribution >= 4 is 11.0 Å². The molecule has 0 fully saturated rings. The largest absolute Gasteiger partial charge is 0.488 e. The number of benzene rings is 3. The van der Waals surface area contributed by atoms with E-state index in [0.29, 0.717) is 40.2 Å². The molecule has 140 valence electrons. The Labute approximate surface area is 161 Å². The van der Waals surface area contributed by atoms with Crippen molar-refractivity contribution in [2.75, 3.05) is 6.79 Å². The van der Waals surface area contributed by atoms with Crippen LogP contribution in [0.4, 0.5) is 0 Å². The molecule has 0 saturated carbocycles. The monoisotopic (exact) mass is 374 g/mol. The van der Waals surface area contributed by atoms with Gasteiger partial charge in [0.15, 0.2) is 6.79 Å². The Morgan fingerprint density at radius 3 is 2.39 bits per heavy atom. The van der Waals surface area contributed by atoms with Crippen LogP contribution in [0.3, 0.4) is 0 Å². The van der Waals surface area contributed by atoms with Crippen LogP contribution in [0.25, 0.3) is 22.1 Å². The van der Waals surface area contributed by atoms with E-state index >= 15 is 0 Å². The highest BCUT2D eigenvalue weighted by atomic mass is 16.6. The molecule has 5 nitrogen and oxygen atoms in total. The fourth-order valence-corrected chi connectivity index (χ4v) is 3.00. The molecule has 1 N–H and O–H groups in total. The Kier molecular flexibility index (Phi) is 5.08. The summed E-state index contributed by atoms with van der Waals surface area (Å²) in [6.07, 6.45) is 1.45. The molecule has 0 aliphatic heterocycles. The van der Waals surface area contributed by atoms with Gasteiger partial charge in [-0.15, -0.1) is 0 Å². The first-order chi connectivity index (χ1) is 13.8. The second-order valence-corrected chi connectivity index (χ2v) is 6.18. The van der Waals surface area contributed by atoms with Crippen molar-refractivity contribution in [2.45, 2.75) is 6.61 Å². The van der Waals surface area contributed by atoms with Crippen molar-refractivity contribution in [3.05, 3.63) is 94.8 Å². The van der Waals surface area contributed by atoms with Crippen LogP contribution in [-0.4, -0.2) is 11.9 Å². The average Bonchev–Trinajstić information content (AvgIpc) is 2.74. The van der Waals surface area contributed by atoms with Gasteiger partial charge in [-0.05, 0) is 35.4 Å². The van der Waals surface area contributed by atoms with Gasteiger partial charge in [0.25, 0.3) is 0 Å². The molecular weight excluding hydrogens is 356 g/mol. The molecule has 28 heavy (non-hydrogen) atoms. The first-order valence-corrected chi connectivity index (χ1v) is 8.81. The summed E-state index contributed by atoms with van der Waals surface area (Å²) in [7, 11) is 0. The van der Waals surface area contributed by atoms with Gasteiger partial charge >= 0.3 is 0 Å². The van der Waals surface area contributed by atoms with Crippen LogP contribution in [0.2, 0.25) is 0 Å². The van der Waals surface area contributed by atoms with Crippen LogP contribution >= 0.6 is 0 Å². The zero-order valence-corrected chi connectivity index (χ0v) is 15.0. The molecule has 0 amide bonds. The quantitative estimate of drug-likeness (QED) is 0.508. The number of aliphatic hydroxyl groups is 1. The SMILES string of the molecule is O=c1c(-c2ccc(OCO)cc2)coc2cccc(OCc3ccccc3)c12. The second kappa shape index (κ2) is 7.98. The van der Waals surface area contributed by atoms with Crippen molar-refractivity contribution in [3.8, 4) is 22.6 Å². The predicted molar refractivity (Wildman–Crippen MR) is 106 cm³/mol. The average molecular weight is 374 g/mol. The molecule has 4 rings (SSSR count). The summed E-state index contributed by atoms with van der Waals surface area (Å²) in [5.41, 5.74) is 2.44. The third-order valence-corrected chi connectivity index (χ3v) is 4.40. The number of fused-ring (bicyclic) bond motifs is 1. The summed E-state index contributed by atoms with van der Waals surface area (Å²) in [5, 5.41) is 9.24. The van der Waals surface area contributed by atoms with Gasteiger partial charge in [0.05, 0.1) is 5.56 Å². The Hall–Kier alpha value is -3.57. The normalized spacial score (nSPS) is 10.8. The van der Waals surface area contributed by atoms with Crippen LogP contribution < -0.4 is 14.9 Å². The maximum absolute atomic E-state index is 13.2. The summed E-state index contributed by atoms with van der Waals surface area (Å²) < 4.78 is 16.6. The van der Waals surface area contributed by atoms with Gasteiger partial charge in [-0.3, -0.25) is 4.79 Å². The zero-order chi connectivity index (χ0) is 19.3. The Bertz CT molecular complexity index is 1130. The molecule has 0 spiro atoms. The van der Waals surface area contributed by atoms with Gasteiger partial charge in [0.1, 0.15) is 35.3 Å². The minimum Gasteiger partial charge on any atom is -0.488 e. The standard InChI is InChI=1S/C23H18O5/c24-15-28-18-11-9-17(10-12-18)19-14-27-21-8-4-7-20(22(21)23(19)25)26-13-16-5-2-1-3-6-16/h1-12,14,24H,13,15H2. The fourth-order valence-electron chi connectivity index (χ4n) is 3.00. The van der Waals surface area contributed by atoms with E-state index in [2.05, 4.69) is 0 Å². The Balaban J connectivity index is 1.72. The van der Waals surface area contributed by atoms with Gasteiger partial charge in [0, 0.05) is 0 Å². The molecule has 4 aromatic rings. The Morgan fingerprint density at radius 1 is 0.857 bits per heavy atom. The van der Waals surface area contributed by atoms with E-state index in [1.807, 2.05) is 30.3 Å². The van der Waals surface area contributed by atoms with Crippen molar-refractivity contribution < 1.29 is 19.0 Å². The third kappa shape index (κ3) is 3.61. The lowest BCUT2D eigenvalue weighted by Crippen LogP contribution is -2.07. The lowest BCUT2D eigenvalue weighted by atomic mass is 10.1. The maximum Gasteiger partial charge on any atom is 0.204 e. The molecule has 5 heteroatoms. The first-order valence-electron chi connectivity index (χ1n) is 8.81. The molecule has 1 heterocycles. The van der Waals surface area contributed by atoms with Gasteiger partial charge in [-0.2, -0.15) is 0 Å². The van der Waals surface area contributed by atoms with E-state index in [-0.39, 0.29) is 5.43 Å². The van der Waals surface area contributed by atoms with Crippen LogP contribution in [0.1, 0.15) is 5.56 Å². The van der Waals surface area contributed by atoms with E-state index in [1.165, 1.54) is 6.26 Å². The molecule has 0 bridgehead atoms. The smallest absolute Gasteiger partial charge is 0.204 e. The highest BCUT2D eigenvalue weighted by molar-refractivity contribution is 5.87. The topological polar surface area (TPSA) is 68.9 Å². The lowest BCUT2D eigenvalue weighted by molar-refractivity contribution is 0.0985. The first kappa shape index (κ1) is 17.8. The third-order valence-electron chi connectivity index (χ3n) is 4.40. The van der Waals surface area contributed by atoms with Gasteiger partial charge in [-0.25, -0.2) is 0 Å². The summed E-state index contributed by atoms with van der Waals surface area (Å²) in [6.45, 7) is -0.0452. The Morgan fingerprint density at radius 2 is 1.64 bits per heavy atom. The number of aliphatic hydroxyl groups excluding tert-OH is 1. The summed E-state index contributed by atoms with van der Waals surface area (Å²) in [6, 6.07) is 21.9. The highest BCUT2D eigenvalue weighted by Gasteiger charge is 2.14. The lowest BCUT2D eigenvalue weighted by Gasteiger charge is -2.10. The van der Waals surface area contributed by atoms with Crippen molar-refractivity contribution in [2.24, 2.45) is 0 Å². The van der Waals surface area contributed by atoms with Crippen LogP contribution in [0, 0.1) is 0 Å². The van der Waals surface area contributed by atoms with E-state index in [0.717, 1.165) is 5.56 Å². The van der Waals surface area contributed by atoms with Gasteiger partial charge in [0.2, 0.25) is 5.43 Å². The highest BCUT2D eigenvalue weighted by Crippen LogP contribution is 2.27. The molecule has 0 atom stereocenters.